The molecule has 2 aromatic heterocycles. The van der Waals surface area contributed by atoms with Crippen molar-refractivity contribution in [2.45, 2.75) is 6.92 Å². The van der Waals surface area contributed by atoms with E-state index in [1.165, 1.54) is 12.3 Å². The SMILES string of the molecule is Cc1cc(-c2cnc(-c3ccc(F)nc3)[nH]2)ccc1O. The summed E-state index contributed by atoms with van der Waals surface area (Å²) < 4.78 is 12.8. The number of phenolic OH excluding ortho intramolecular Hbond substituents is 1. The molecule has 0 atom stereocenters. The van der Waals surface area contributed by atoms with Crippen molar-refractivity contribution < 1.29 is 9.50 Å². The van der Waals surface area contributed by atoms with E-state index >= 15 is 0 Å². The third-order valence-corrected chi connectivity index (χ3v) is 3.08. The van der Waals surface area contributed by atoms with E-state index < -0.39 is 5.95 Å². The number of aromatic nitrogens is 3. The van der Waals surface area contributed by atoms with Crippen LogP contribution in [0.15, 0.2) is 42.7 Å². The number of benzene rings is 1. The molecule has 0 saturated carbocycles. The van der Waals surface area contributed by atoms with Crippen molar-refractivity contribution in [3.05, 3.63) is 54.2 Å². The van der Waals surface area contributed by atoms with Crippen LogP contribution in [0.3, 0.4) is 0 Å². The lowest BCUT2D eigenvalue weighted by Gasteiger charge is -2.02. The maximum absolute atomic E-state index is 12.8. The van der Waals surface area contributed by atoms with Crippen LogP contribution >= 0.6 is 0 Å². The Labute approximate surface area is 115 Å². The lowest BCUT2D eigenvalue weighted by Crippen LogP contribution is -1.85. The third kappa shape index (κ3) is 2.25. The quantitative estimate of drug-likeness (QED) is 0.702. The number of aromatic hydroxyl groups is 1. The minimum absolute atomic E-state index is 0.260. The minimum Gasteiger partial charge on any atom is -0.508 e. The molecule has 0 radical (unpaired) electrons. The van der Waals surface area contributed by atoms with Gasteiger partial charge in [-0.25, -0.2) is 9.97 Å². The van der Waals surface area contributed by atoms with Gasteiger partial charge in [0.15, 0.2) is 0 Å². The zero-order valence-corrected chi connectivity index (χ0v) is 10.8. The van der Waals surface area contributed by atoms with E-state index in [4.69, 9.17) is 0 Å². The Morgan fingerprint density at radius 2 is 1.85 bits per heavy atom. The van der Waals surface area contributed by atoms with E-state index in [2.05, 4.69) is 15.0 Å². The number of nitrogens with one attached hydrogen (secondary N) is 1. The predicted molar refractivity (Wildman–Crippen MR) is 73.6 cm³/mol. The van der Waals surface area contributed by atoms with Gasteiger partial charge in [0, 0.05) is 17.3 Å². The van der Waals surface area contributed by atoms with Crippen LogP contribution in [0.4, 0.5) is 4.39 Å². The Bertz CT molecular complexity index is 750. The molecule has 100 valence electrons. The first kappa shape index (κ1) is 12.3. The molecule has 3 rings (SSSR count). The van der Waals surface area contributed by atoms with Gasteiger partial charge in [0.25, 0.3) is 0 Å². The molecule has 3 aromatic rings. The van der Waals surface area contributed by atoms with Gasteiger partial charge in [-0.3, -0.25) is 0 Å². The van der Waals surface area contributed by atoms with E-state index in [1.807, 2.05) is 19.1 Å². The highest BCUT2D eigenvalue weighted by Crippen LogP contribution is 2.26. The number of nitrogens with zero attached hydrogens (tertiary/aromatic N) is 2. The number of phenols is 1. The molecule has 0 amide bonds. The first-order valence-electron chi connectivity index (χ1n) is 6.10. The molecule has 20 heavy (non-hydrogen) atoms. The first-order chi connectivity index (χ1) is 9.63. The van der Waals surface area contributed by atoms with E-state index in [9.17, 15) is 9.50 Å². The molecular formula is C15H12FN3O. The molecule has 0 fully saturated rings. The number of rotatable bonds is 2. The number of H-pyrrole nitrogens is 1. The molecule has 2 N–H and O–H groups in total. The van der Waals surface area contributed by atoms with Gasteiger partial charge < -0.3 is 10.1 Å². The van der Waals surface area contributed by atoms with E-state index in [0.717, 1.165) is 16.8 Å². The highest BCUT2D eigenvalue weighted by molar-refractivity contribution is 5.65. The van der Waals surface area contributed by atoms with Gasteiger partial charge in [-0.15, -0.1) is 0 Å². The van der Waals surface area contributed by atoms with Crippen LogP contribution in [0.2, 0.25) is 0 Å². The lowest BCUT2D eigenvalue weighted by atomic mass is 10.1. The fourth-order valence-electron chi connectivity index (χ4n) is 1.95. The topological polar surface area (TPSA) is 61.8 Å². The second-order valence-electron chi connectivity index (χ2n) is 4.52. The van der Waals surface area contributed by atoms with Gasteiger partial charge in [-0.05, 0) is 42.8 Å². The summed E-state index contributed by atoms with van der Waals surface area (Å²) in [6, 6.07) is 8.23. The van der Waals surface area contributed by atoms with Crippen molar-refractivity contribution in [2.24, 2.45) is 0 Å². The fourth-order valence-corrected chi connectivity index (χ4v) is 1.95. The Balaban J connectivity index is 1.97. The highest BCUT2D eigenvalue weighted by Gasteiger charge is 2.07. The van der Waals surface area contributed by atoms with Crippen LogP contribution in [0.5, 0.6) is 5.75 Å². The van der Waals surface area contributed by atoms with E-state index in [0.29, 0.717) is 11.4 Å². The fraction of sp³-hybridized carbons (Fsp3) is 0.0667. The average molecular weight is 269 g/mol. The van der Waals surface area contributed by atoms with Gasteiger partial charge in [-0.2, -0.15) is 4.39 Å². The first-order valence-corrected chi connectivity index (χ1v) is 6.10. The Morgan fingerprint density at radius 3 is 2.55 bits per heavy atom. The smallest absolute Gasteiger partial charge is 0.212 e. The lowest BCUT2D eigenvalue weighted by molar-refractivity contribution is 0.471. The molecule has 0 aliphatic rings. The molecular weight excluding hydrogens is 257 g/mol. The summed E-state index contributed by atoms with van der Waals surface area (Å²) in [5.41, 5.74) is 3.26. The number of aromatic amines is 1. The summed E-state index contributed by atoms with van der Waals surface area (Å²) in [5.74, 6) is 0.365. The number of imidazole rings is 1. The predicted octanol–water partition coefficient (Wildman–Crippen LogP) is 3.29. The molecule has 4 nitrogen and oxygen atoms in total. The number of halogens is 1. The molecule has 2 heterocycles. The maximum atomic E-state index is 12.8. The molecule has 0 aliphatic carbocycles. The number of hydrogen-bond donors (Lipinski definition) is 2. The van der Waals surface area contributed by atoms with Crippen molar-refractivity contribution in [2.75, 3.05) is 0 Å². The van der Waals surface area contributed by atoms with Crippen molar-refractivity contribution >= 4 is 0 Å². The zero-order chi connectivity index (χ0) is 14.1. The number of hydrogen-bond acceptors (Lipinski definition) is 3. The number of aryl methyl sites for hydroxylation is 1. The van der Waals surface area contributed by atoms with Crippen LogP contribution in [-0.2, 0) is 0 Å². The molecule has 0 unspecified atom stereocenters. The molecule has 0 saturated heterocycles. The van der Waals surface area contributed by atoms with Crippen molar-refractivity contribution in [3.63, 3.8) is 0 Å². The van der Waals surface area contributed by atoms with Gasteiger partial charge in [0.2, 0.25) is 5.95 Å². The van der Waals surface area contributed by atoms with Crippen molar-refractivity contribution in [1.29, 1.82) is 0 Å². The monoisotopic (exact) mass is 269 g/mol. The number of pyridine rings is 1. The molecule has 0 bridgehead atoms. The van der Waals surface area contributed by atoms with Gasteiger partial charge in [-0.1, -0.05) is 0 Å². The standard InChI is InChI=1S/C15H12FN3O/c1-9-6-10(2-4-13(9)20)12-8-18-15(19-12)11-3-5-14(16)17-7-11/h2-8,20H,1H3,(H,18,19). The summed E-state index contributed by atoms with van der Waals surface area (Å²) >= 11 is 0. The van der Waals surface area contributed by atoms with Gasteiger partial charge in [0.1, 0.15) is 11.6 Å². The molecule has 1 aromatic carbocycles. The molecule has 0 aliphatic heterocycles. The van der Waals surface area contributed by atoms with Crippen LogP contribution in [0.1, 0.15) is 5.56 Å². The van der Waals surface area contributed by atoms with Crippen molar-refractivity contribution in [1.82, 2.24) is 15.0 Å². The summed E-state index contributed by atoms with van der Waals surface area (Å²) in [6.07, 6.45) is 3.13. The summed E-state index contributed by atoms with van der Waals surface area (Å²) in [5, 5.41) is 9.53. The van der Waals surface area contributed by atoms with E-state index in [-0.39, 0.29) is 5.75 Å². The van der Waals surface area contributed by atoms with Crippen LogP contribution in [-0.4, -0.2) is 20.1 Å². The van der Waals surface area contributed by atoms with Crippen LogP contribution < -0.4 is 0 Å². The molecule has 5 heteroatoms. The zero-order valence-electron chi connectivity index (χ0n) is 10.8. The Morgan fingerprint density at radius 1 is 1.05 bits per heavy atom. The summed E-state index contributed by atoms with van der Waals surface area (Å²) in [6.45, 7) is 1.83. The van der Waals surface area contributed by atoms with Crippen LogP contribution in [0.25, 0.3) is 22.6 Å². The second-order valence-corrected chi connectivity index (χ2v) is 4.52. The summed E-state index contributed by atoms with van der Waals surface area (Å²) in [4.78, 5) is 11.0. The van der Waals surface area contributed by atoms with Gasteiger partial charge >= 0.3 is 0 Å². The normalized spacial score (nSPS) is 10.7. The van der Waals surface area contributed by atoms with Gasteiger partial charge in [0.05, 0.1) is 11.9 Å². The maximum Gasteiger partial charge on any atom is 0.212 e. The largest absolute Gasteiger partial charge is 0.508 e. The highest BCUT2D eigenvalue weighted by atomic mass is 19.1. The minimum atomic E-state index is -0.519. The average Bonchev–Trinajstić information content (AvgIpc) is 2.92. The Hall–Kier alpha value is -2.69. The van der Waals surface area contributed by atoms with E-state index in [1.54, 1.807) is 18.3 Å². The molecule has 0 spiro atoms. The van der Waals surface area contributed by atoms with Crippen LogP contribution in [0, 0.1) is 12.9 Å². The van der Waals surface area contributed by atoms with Crippen molar-refractivity contribution in [3.8, 4) is 28.4 Å². The second kappa shape index (κ2) is 4.77. The Kier molecular flexibility index (Phi) is 2.95. The third-order valence-electron chi connectivity index (χ3n) is 3.08. The summed E-state index contributed by atoms with van der Waals surface area (Å²) in [7, 11) is 0.